The van der Waals surface area contributed by atoms with E-state index in [4.69, 9.17) is 5.26 Å². The number of hydrogen-bond donors (Lipinski definition) is 2. The molecule has 1 saturated carbocycles. The lowest BCUT2D eigenvalue weighted by Gasteiger charge is -2.08. The molecule has 1 fully saturated rings. The van der Waals surface area contributed by atoms with Crippen LogP contribution in [0.3, 0.4) is 0 Å². The second-order valence-corrected chi connectivity index (χ2v) is 6.42. The van der Waals surface area contributed by atoms with E-state index in [2.05, 4.69) is 26.6 Å². The first-order chi connectivity index (χ1) is 11.6. The van der Waals surface area contributed by atoms with Gasteiger partial charge in [0, 0.05) is 4.47 Å². The van der Waals surface area contributed by atoms with Gasteiger partial charge in [-0.3, -0.25) is 9.59 Å². The van der Waals surface area contributed by atoms with Crippen LogP contribution in [0.2, 0.25) is 0 Å². The van der Waals surface area contributed by atoms with Gasteiger partial charge in [-0.1, -0.05) is 24.3 Å². The summed E-state index contributed by atoms with van der Waals surface area (Å²) >= 11 is 3.37. The van der Waals surface area contributed by atoms with Crippen molar-refractivity contribution in [2.45, 2.75) is 6.42 Å². The number of carbonyl (C=O) groups is 2. The Labute approximate surface area is 147 Å². The molecule has 0 spiro atoms. The molecular weight excluding hydrogens is 370 g/mol. The minimum atomic E-state index is -0.362. The number of halogens is 1. The summed E-state index contributed by atoms with van der Waals surface area (Å²) < 4.78 is 0.794. The fourth-order valence-corrected chi connectivity index (χ4v) is 2.86. The average Bonchev–Trinajstić information content (AvgIpc) is 3.38. The molecule has 1 aliphatic carbocycles. The second kappa shape index (κ2) is 6.85. The molecule has 0 aliphatic heterocycles. The minimum Gasteiger partial charge on any atom is -0.325 e. The molecule has 3 rings (SSSR count). The Morgan fingerprint density at radius 2 is 1.50 bits per heavy atom. The zero-order valence-electron chi connectivity index (χ0n) is 12.6. The van der Waals surface area contributed by atoms with Gasteiger partial charge in [-0.15, -0.1) is 0 Å². The Kier molecular flexibility index (Phi) is 4.63. The Morgan fingerprint density at radius 3 is 2.12 bits per heavy atom. The Bertz CT molecular complexity index is 844. The van der Waals surface area contributed by atoms with Crippen molar-refractivity contribution in [2.24, 2.45) is 11.8 Å². The number of anilines is 2. The SMILES string of the molecule is N#Cc1ccccc1NC(=O)C1CC1C(=O)Nc1ccccc1Br. The zero-order valence-corrected chi connectivity index (χ0v) is 14.2. The maximum absolute atomic E-state index is 12.3. The molecule has 24 heavy (non-hydrogen) atoms. The van der Waals surface area contributed by atoms with Crippen molar-refractivity contribution in [2.75, 3.05) is 10.6 Å². The van der Waals surface area contributed by atoms with Crippen molar-refractivity contribution in [3.05, 3.63) is 58.6 Å². The van der Waals surface area contributed by atoms with Gasteiger partial charge in [0.25, 0.3) is 0 Å². The Morgan fingerprint density at radius 1 is 0.958 bits per heavy atom. The van der Waals surface area contributed by atoms with E-state index in [1.165, 1.54) is 0 Å². The molecule has 2 N–H and O–H groups in total. The van der Waals surface area contributed by atoms with Crippen molar-refractivity contribution in [3.63, 3.8) is 0 Å². The quantitative estimate of drug-likeness (QED) is 0.846. The average molecular weight is 384 g/mol. The number of nitriles is 1. The number of nitrogens with one attached hydrogen (secondary N) is 2. The van der Waals surface area contributed by atoms with Gasteiger partial charge < -0.3 is 10.6 Å². The second-order valence-electron chi connectivity index (χ2n) is 5.56. The molecule has 0 heterocycles. The van der Waals surface area contributed by atoms with Crippen LogP contribution < -0.4 is 10.6 Å². The summed E-state index contributed by atoms with van der Waals surface area (Å²) in [6, 6.07) is 16.2. The summed E-state index contributed by atoms with van der Waals surface area (Å²) in [5.74, 6) is -1.11. The monoisotopic (exact) mass is 383 g/mol. The van der Waals surface area contributed by atoms with Crippen molar-refractivity contribution < 1.29 is 9.59 Å². The summed E-state index contributed by atoms with van der Waals surface area (Å²) in [5.41, 5.74) is 1.56. The van der Waals surface area contributed by atoms with E-state index < -0.39 is 0 Å². The molecule has 5 nitrogen and oxygen atoms in total. The molecule has 0 saturated heterocycles. The van der Waals surface area contributed by atoms with Crippen LogP contribution in [-0.2, 0) is 9.59 Å². The summed E-state index contributed by atoms with van der Waals surface area (Å²) in [7, 11) is 0. The number of benzene rings is 2. The molecule has 2 aromatic carbocycles. The smallest absolute Gasteiger partial charge is 0.228 e. The van der Waals surface area contributed by atoms with Crippen molar-refractivity contribution >= 4 is 39.1 Å². The third-order valence-corrected chi connectivity index (χ3v) is 4.59. The van der Waals surface area contributed by atoms with Crippen LogP contribution in [0.25, 0.3) is 0 Å². The van der Waals surface area contributed by atoms with E-state index in [-0.39, 0.29) is 23.7 Å². The fraction of sp³-hybridized carbons (Fsp3) is 0.167. The summed E-state index contributed by atoms with van der Waals surface area (Å²) in [6.45, 7) is 0. The first-order valence-electron chi connectivity index (χ1n) is 7.45. The van der Waals surface area contributed by atoms with Crippen molar-refractivity contribution in [1.82, 2.24) is 0 Å². The van der Waals surface area contributed by atoms with Gasteiger partial charge in [0.1, 0.15) is 6.07 Å². The summed E-state index contributed by atoms with van der Waals surface area (Å²) in [6.07, 6.45) is 0.511. The van der Waals surface area contributed by atoms with Gasteiger partial charge in [-0.05, 0) is 46.6 Å². The number of rotatable bonds is 4. The van der Waals surface area contributed by atoms with Gasteiger partial charge in [0.2, 0.25) is 11.8 Å². The highest BCUT2D eigenvalue weighted by atomic mass is 79.9. The highest BCUT2D eigenvalue weighted by Gasteiger charge is 2.48. The van der Waals surface area contributed by atoms with Crippen LogP contribution in [0.4, 0.5) is 11.4 Å². The lowest BCUT2D eigenvalue weighted by Crippen LogP contribution is -2.21. The predicted molar refractivity (Wildman–Crippen MR) is 94.2 cm³/mol. The van der Waals surface area contributed by atoms with Crippen LogP contribution in [-0.4, -0.2) is 11.8 Å². The normalized spacial score (nSPS) is 18.3. The lowest BCUT2D eigenvalue weighted by molar-refractivity contribution is -0.122. The van der Waals surface area contributed by atoms with Crippen LogP contribution in [0.1, 0.15) is 12.0 Å². The van der Waals surface area contributed by atoms with Gasteiger partial charge in [0.05, 0.1) is 28.8 Å². The zero-order chi connectivity index (χ0) is 17.1. The summed E-state index contributed by atoms with van der Waals surface area (Å²) in [4.78, 5) is 24.5. The first kappa shape index (κ1) is 16.2. The van der Waals surface area contributed by atoms with Gasteiger partial charge in [-0.25, -0.2) is 0 Å². The van der Waals surface area contributed by atoms with E-state index in [9.17, 15) is 9.59 Å². The molecule has 6 heteroatoms. The van der Waals surface area contributed by atoms with Crippen LogP contribution >= 0.6 is 15.9 Å². The molecule has 0 radical (unpaired) electrons. The number of hydrogen-bond acceptors (Lipinski definition) is 3. The van der Waals surface area contributed by atoms with E-state index in [1.807, 2.05) is 24.3 Å². The molecule has 0 aromatic heterocycles. The Balaban J connectivity index is 1.61. The molecule has 120 valence electrons. The van der Waals surface area contributed by atoms with E-state index in [0.29, 0.717) is 23.4 Å². The predicted octanol–water partition coefficient (Wildman–Crippen LogP) is 3.53. The highest BCUT2D eigenvalue weighted by molar-refractivity contribution is 9.10. The molecule has 2 amide bonds. The third kappa shape index (κ3) is 3.47. The molecule has 2 atom stereocenters. The third-order valence-electron chi connectivity index (χ3n) is 3.90. The molecule has 2 aromatic rings. The number of nitrogens with zero attached hydrogens (tertiary/aromatic N) is 1. The first-order valence-corrected chi connectivity index (χ1v) is 8.25. The fourth-order valence-electron chi connectivity index (χ4n) is 2.48. The molecular formula is C18H14BrN3O2. The Hall–Kier alpha value is -2.65. The number of amides is 2. The molecule has 0 bridgehead atoms. The molecule has 1 aliphatic rings. The van der Waals surface area contributed by atoms with Crippen LogP contribution in [0.15, 0.2) is 53.0 Å². The van der Waals surface area contributed by atoms with E-state index >= 15 is 0 Å². The minimum absolute atomic E-state index is 0.171. The standard InChI is InChI=1S/C18H14BrN3O2/c19-14-6-2-4-8-16(14)22-18(24)13-9-12(13)17(23)21-15-7-3-1-5-11(15)10-20/h1-8,12-13H,9H2,(H,21,23)(H,22,24). The molecule has 2 unspecified atom stereocenters. The largest absolute Gasteiger partial charge is 0.325 e. The van der Waals surface area contributed by atoms with Gasteiger partial charge in [-0.2, -0.15) is 5.26 Å². The number of para-hydroxylation sites is 2. The van der Waals surface area contributed by atoms with Crippen LogP contribution in [0, 0.1) is 23.2 Å². The topological polar surface area (TPSA) is 82.0 Å². The van der Waals surface area contributed by atoms with Gasteiger partial charge in [0.15, 0.2) is 0 Å². The lowest BCUT2D eigenvalue weighted by atomic mass is 10.2. The maximum Gasteiger partial charge on any atom is 0.228 e. The maximum atomic E-state index is 12.3. The number of carbonyl (C=O) groups excluding carboxylic acids is 2. The summed E-state index contributed by atoms with van der Waals surface area (Å²) in [5, 5.41) is 14.6. The van der Waals surface area contributed by atoms with Crippen molar-refractivity contribution in [3.8, 4) is 6.07 Å². The van der Waals surface area contributed by atoms with Crippen LogP contribution in [0.5, 0.6) is 0 Å². The highest BCUT2D eigenvalue weighted by Crippen LogP contribution is 2.40. The van der Waals surface area contributed by atoms with E-state index in [1.54, 1.807) is 30.3 Å². The van der Waals surface area contributed by atoms with Crippen molar-refractivity contribution in [1.29, 1.82) is 5.26 Å². The van der Waals surface area contributed by atoms with E-state index in [0.717, 1.165) is 4.47 Å². The van der Waals surface area contributed by atoms with Gasteiger partial charge >= 0.3 is 0 Å².